The zero-order valence-electron chi connectivity index (χ0n) is 9.48. The van der Waals surface area contributed by atoms with E-state index < -0.39 is 0 Å². The fourth-order valence-electron chi connectivity index (χ4n) is 1.84. The molecule has 0 radical (unpaired) electrons. The number of hydrogen-bond acceptors (Lipinski definition) is 0. The predicted octanol–water partition coefficient (Wildman–Crippen LogP) is 3.24. The van der Waals surface area contributed by atoms with Gasteiger partial charge in [0.15, 0.2) is 0 Å². The molecular weight excluding hydrogens is 204 g/mol. The van der Waals surface area contributed by atoms with Gasteiger partial charge in [-0.3, -0.25) is 0 Å². The summed E-state index contributed by atoms with van der Waals surface area (Å²) < 4.78 is 0. The first kappa shape index (κ1) is 11.1. The van der Waals surface area contributed by atoms with Crippen LogP contribution in [0.5, 0.6) is 0 Å². The van der Waals surface area contributed by atoms with Crippen LogP contribution in [0.2, 0.25) is 0 Å². The molecule has 0 aromatic heterocycles. The van der Waals surface area contributed by atoms with Gasteiger partial charge in [-0.2, -0.15) is 0 Å². The van der Waals surface area contributed by atoms with Gasteiger partial charge in [0.2, 0.25) is 0 Å². The molecule has 0 heteroatoms. The van der Waals surface area contributed by atoms with Crippen molar-refractivity contribution in [1.29, 1.82) is 0 Å². The van der Waals surface area contributed by atoms with Crippen molar-refractivity contribution in [2.75, 3.05) is 0 Å². The van der Waals surface area contributed by atoms with Crippen LogP contribution in [0.3, 0.4) is 0 Å². The Bertz CT molecular complexity index is 551. The summed E-state index contributed by atoms with van der Waals surface area (Å²) in [6.45, 7) is 0. The lowest BCUT2D eigenvalue weighted by molar-refractivity contribution is 1.17. The molecule has 0 saturated heterocycles. The van der Waals surface area contributed by atoms with Crippen molar-refractivity contribution < 1.29 is 0 Å². The van der Waals surface area contributed by atoms with Gasteiger partial charge in [-0.15, -0.1) is 12.8 Å². The van der Waals surface area contributed by atoms with Crippen LogP contribution in [0.15, 0.2) is 48.5 Å². The van der Waals surface area contributed by atoms with Gasteiger partial charge in [0.25, 0.3) is 0 Å². The summed E-state index contributed by atoms with van der Waals surface area (Å²) >= 11 is 0. The zero-order chi connectivity index (χ0) is 12.1. The largest absolute Gasteiger partial charge is 0.115 e. The molecule has 80 valence electrons. The van der Waals surface area contributed by atoms with Crippen LogP contribution >= 0.6 is 0 Å². The highest BCUT2D eigenvalue weighted by Gasteiger charge is 2.03. The molecule has 0 aliphatic rings. The Kier molecular flexibility index (Phi) is 3.29. The average molecular weight is 216 g/mol. The van der Waals surface area contributed by atoms with E-state index in [2.05, 4.69) is 11.8 Å². The summed E-state index contributed by atoms with van der Waals surface area (Å²) in [7, 11) is 0. The van der Waals surface area contributed by atoms with Gasteiger partial charge in [-0.1, -0.05) is 48.2 Å². The van der Waals surface area contributed by atoms with E-state index >= 15 is 0 Å². The van der Waals surface area contributed by atoms with Crippen molar-refractivity contribution in [2.45, 2.75) is 6.42 Å². The molecule has 0 fully saturated rings. The Morgan fingerprint density at radius 3 is 1.53 bits per heavy atom. The Hall–Kier alpha value is -2.44. The van der Waals surface area contributed by atoms with Gasteiger partial charge in [0, 0.05) is 11.1 Å². The SMILES string of the molecule is C#Cc1ccccc1Cc1ccccc1C#C. The molecule has 17 heavy (non-hydrogen) atoms. The molecule has 0 spiro atoms. The molecule has 0 atom stereocenters. The Morgan fingerprint density at radius 2 is 1.12 bits per heavy atom. The van der Waals surface area contributed by atoms with E-state index in [1.807, 2.05) is 48.5 Å². The maximum atomic E-state index is 5.48. The first-order valence-electron chi connectivity index (χ1n) is 5.44. The second-order valence-corrected chi connectivity index (χ2v) is 3.78. The molecule has 2 rings (SSSR count). The lowest BCUT2D eigenvalue weighted by Crippen LogP contribution is -1.94. The molecule has 0 N–H and O–H groups in total. The first-order chi connectivity index (χ1) is 8.35. The second-order valence-electron chi connectivity index (χ2n) is 3.78. The highest BCUT2D eigenvalue weighted by Crippen LogP contribution is 2.16. The van der Waals surface area contributed by atoms with Crippen LogP contribution < -0.4 is 0 Å². The van der Waals surface area contributed by atoms with Crippen LogP contribution in [0, 0.1) is 24.7 Å². The van der Waals surface area contributed by atoms with Gasteiger partial charge in [-0.25, -0.2) is 0 Å². The van der Waals surface area contributed by atoms with E-state index in [9.17, 15) is 0 Å². The van der Waals surface area contributed by atoms with Crippen molar-refractivity contribution in [2.24, 2.45) is 0 Å². The molecule has 2 aromatic carbocycles. The molecule has 2 aromatic rings. The molecule has 0 amide bonds. The van der Waals surface area contributed by atoms with Gasteiger partial charge in [-0.05, 0) is 29.7 Å². The smallest absolute Gasteiger partial charge is 0.0277 e. The maximum Gasteiger partial charge on any atom is 0.0277 e. The highest BCUT2D eigenvalue weighted by molar-refractivity contribution is 5.46. The summed E-state index contributed by atoms with van der Waals surface area (Å²) in [6.07, 6.45) is 11.7. The molecule has 0 aliphatic heterocycles. The number of hydrogen-bond donors (Lipinski definition) is 0. The van der Waals surface area contributed by atoms with E-state index in [1.165, 1.54) is 0 Å². The van der Waals surface area contributed by atoms with Gasteiger partial charge < -0.3 is 0 Å². The monoisotopic (exact) mass is 216 g/mol. The Labute approximate surface area is 102 Å². The van der Waals surface area contributed by atoms with E-state index in [0.717, 1.165) is 28.7 Å². The van der Waals surface area contributed by atoms with E-state index in [4.69, 9.17) is 12.8 Å². The van der Waals surface area contributed by atoms with Crippen molar-refractivity contribution in [3.8, 4) is 24.7 Å². The molecule has 0 aliphatic carbocycles. The summed E-state index contributed by atoms with van der Waals surface area (Å²) in [5.74, 6) is 5.40. The topological polar surface area (TPSA) is 0 Å². The number of benzene rings is 2. The molecule has 0 saturated carbocycles. The van der Waals surface area contributed by atoms with E-state index in [1.54, 1.807) is 0 Å². The molecule has 0 unspecified atom stereocenters. The third-order valence-corrected chi connectivity index (χ3v) is 2.73. The third kappa shape index (κ3) is 2.39. The van der Waals surface area contributed by atoms with Crippen molar-refractivity contribution in [3.05, 3.63) is 70.8 Å². The van der Waals surface area contributed by atoms with Crippen LogP contribution in [0.4, 0.5) is 0 Å². The average Bonchev–Trinajstić information content (AvgIpc) is 2.40. The summed E-state index contributed by atoms with van der Waals surface area (Å²) in [4.78, 5) is 0. The number of terminal acetylenes is 2. The zero-order valence-corrected chi connectivity index (χ0v) is 9.48. The Balaban J connectivity index is 2.40. The normalized spacial score (nSPS) is 9.29. The lowest BCUT2D eigenvalue weighted by atomic mass is 9.97. The van der Waals surface area contributed by atoms with Crippen LogP contribution in [-0.2, 0) is 6.42 Å². The third-order valence-electron chi connectivity index (χ3n) is 2.73. The quantitative estimate of drug-likeness (QED) is 0.676. The van der Waals surface area contributed by atoms with E-state index in [0.29, 0.717) is 0 Å². The maximum absolute atomic E-state index is 5.48. The van der Waals surface area contributed by atoms with Crippen molar-refractivity contribution in [1.82, 2.24) is 0 Å². The second kappa shape index (κ2) is 5.06. The summed E-state index contributed by atoms with van der Waals surface area (Å²) in [6, 6.07) is 15.9. The Morgan fingerprint density at radius 1 is 0.706 bits per heavy atom. The summed E-state index contributed by atoms with van der Waals surface area (Å²) in [5.41, 5.74) is 4.13. The van der Waals surface area contributed by atoms with Gasteiger partial charge >= 0.3 is 0 Å². The minimum absolute atomic E-state index is 0.779. The minimum atomic E-state index is 0.779. The fourth-order valence-corrected chi connectivity index (χ4v) is 1.84. The highest BCUT2D eigenvalue weighted by atomic mass is 14.1. The van der Waals surface area contributed by atoms with Crippen LogP contribution in [0.1, 0.15) is 22.3 Å². The number of rotatable bonds is 2. The van der Waals surface area contributed by atoms with Crippen LogP contribution in [-0.4, -0.2) is 0 Å². The molecule has 0 bridgehead atoms. The standard InChI is InChI=1S/C17H12/c1-3-14-9-5-7-11-16(14)13-17-12-8-6-10-15(17)4-2/h1-2,5-12H,13H2. The predicted molar refractivity (Wildman–Crippen MR) is 71.6 cm³/mol. The fraction of sp³-hybridized carbons (Fsp3) is 0.0588. The molecule has 0 nitrogen and oxygen atoms in total. The molecular formula is C17H12. The minimum Gasteiger partial charge on any atom is -0.115 e. The first-order valence-corrected chi connectivity index (χ1v) is 5.44. The van der Waals surface area contributed by atoms with Gasteiger partial charge in [0.1, 0.15) is 0 Å². The lowest BCUT2D eigenvalue weighted by Gasteiger charge is -2.06. The molecule has 0 heterocycles. The van der Waals surface area contributed by atoms with Gasteiger partial charge in [0.05, 0.1) is 0 Å². The van der Waals surface area contributed by atoms with E-state index in [-0.39, 0.29) is 0 Å². The summed E-state index contributed by atoms with van der Waals surface area (Å²) in [5, 5.41) is 0. The van der Waals surface area contributed by atoms with Crippen molar-refractivity contribution >= 4 is 0 Å². The van der Waals surface area contributed by atoms with Crippen LogP contribution in [0.25, 0.3) is 0 Å². The van der Waals surface area contributed by atoms with Crippen molar-refractivity contribution in [3.63, 3.8) is 0 Å².